The van der Waals surface area contributed by atoms with Crippen LogP contribution < -0.4 is 0 Å². The van der Waals surface area contributed by atoms with Crippen LogP contribution in [0, 0.1) is 0 Å². The molecule has 4 unspecified atom stereocenters. The average Bonchev–Trinajstić information content (AvgIpc) is 3.12. The molecule has 96 valence electrons. The largest absolute Gasteiger partial charge is 0.369 e. The van der Waals surface area contributed by atoms with Gasteiger partial charge in [0.25, 0.3) is 0 Å². The first-order valence-electron chi connectivity index (χ1n) is 6.63. The highest BCUT2D eigenvalue weighted by atomic mass is 31.2. The Bertz CT molecular complexity index is 233. The fourth-order valence-electron chi connectivity index (χ4n) is 2.87. The Morgan fingerprint density at radius 1 is 0.588 bits per heavy atom. The number of rotatable bonds is 8. The first-order valence-corrected chi connectivity index (χ1v) is 9.16. The molecule has 0 aliphatic carbocycles. The van der Waals surface area contributed by atoms with Crippen LogP contribution in [0.3, 0.4) is 0 Å². The molecular formula is C12H20O4P+. The van der Waals surface area contributed by atoms with Crippen molar-refractivity contribution in [2.75, 3.05) is 51.1 Å². The molecule has 0 aromatic heterocycles. The zero-order valence-electron chi connectivity index (χ0n) is 10.0. The van der Waals surface area contributed by atoms with E-state index >= 15 is 0 Å². The maximum Gasteiger partial charge on any atom is 0.114 e. The number of hydrogen-bond acceptors (Lipinski definition) is 4. The smallest absolute Gasteiger partial charge is 0.114 e. The van der Waals surface area contributed by atoms with Gasteiger partial charge in [0.2, 0.25) is 0 Å². The Kier molecular flexibility index (Phi) is 2.71. The van der Waals surface area contributed by atoms with E-state index in [0.29, 0.717) is 24.4 Å². The second-order valence-electron chi connectivity index (χ2n) is 5.89. The van der Waals surface area contributed by atoms with Gasteiger partial charge in [-0.1, -0.05) is 0 Å². The number of ether oxygens (including phenoxy) is 4. The van der Waals surface area contributed by atoms with Crippen molar-refractivity contribution >= 4 is 7.26 Å². The number of hydrogen-bond donors (Lipinski definition) is 0. The molecule has 4 fully saturated rings. The summed E-state index contributed by atoms with van der Waals surface area (Å²) in [5.41, 5.74) is 0. The van der Waals surface area contributed by atoms with Crippen molar-refractivity contribution in [3.05, 3.63) is 0 Å². The molecule has 4 aliphatic rings. The summed E-state index contributed by atoms with van der Waals surface area (Å²) in [4.78, 5) is 0. The molecule has 4 aliphatic heterocycles. The Balaban J connectivity index is 1.46. The van der Waals surface area contributed by atoms with Crippen molar-refractivity contribution in [1.82, 2.24) is 0 Å². The Morgan fingerprint density at radius 2 is 0.824 bits per heavy atom. The zero-order chi connectivity index (χ0) is 11.3. The Labute approximate surface area is 102 Å². The van der Waals surface area contributed by atoms with E-state index in [2.05, 4.69) is 0 Å². The highest BCUT2D eigenvalue weighted by molar-refractivity contribution is 7.76. The van der Waals surface area contributed by atoms with E-state index < -0.39 is 7.26 Å². The zero-order valence-corrected chi connectivity index (χ0v) is 10.9. The van der Waals surface area contributed by atoms with Crippen LogP contribution in [0.2, 0.25) is 0 Å². The molecule has 0 amide bonds. The van der Waals surface area contributed by atoms with Crippen molar-refractivity contribution in [1.29, 1.82) is 0 Å². The summed E-state index contributed by atoms with van der Waals surface area (Å²) in [7, 11) is -0.971. The molecule has 0 spiro atoms. The topological polar surface area (TPSA) is 50.1 Å². The molecule has 4 rings (SSSR count). The van der Waals surface area contributed by atoms with Crippen LogP contribution >= 0.6 is 7.26 Å². The molecule has 5 heteroatoms. The standard InChI is InChI=1S/C12H20O4P/c1-9(13-1)5-17(6-10-2-14-10,7-11-3-15-11)8-12-4-16-12/h9-12H,1-8H2/q+1. The van der Waals surface area contributed by atoms with Crippen LogP contribution in [-0.2, 0) is 18.9 Å². The highest BCUT2D eigenvalue weighted by Gasteiger charge is 2.53. The lowest BCUT2D eigenvalue weighted by Crippen LogP contribution is -2.23. The maximum atomic E-state index is 5.48. The van der Waals surface area contributed by atoms with E-state index in [1.54, 1.807) is 0 Å². The minimum absolute atomic E-state index is 0.541. The first-order chi connectivity index (χ1) is 8.31. The van der Waals surface area contributed by atoms with E-state index in [0.717, 1.165) is 26.4 Å². The predicted molar refractivity (Wildman–Crippen MR) is 65.3 cm³/mol. The molecule has 4 saturated heterocycles. The quantitative estimate of drug-likeness (QED) is 0.473. The van der Waals surface area contributed by atoms with Crippen molar-refractivity contribution in [3.63, 3.8) is 0 Å². The predicted octanol–water partition coefficient (Wildman–Crippen LogP) is 0.599. The summed E-state index contributed by atoms with van der Waals surface area (Å²) in [6.45, 7) is 3.91. The molecule has 17 heavy (non-hydrogen) atoms. The molecule has 0 aromatic carbocycles. The molecule has 0 N–H and O–H groups in total. The first kappa shape index (κ1) is 11.1. The second kappa shape index (κ2) is 4.14. The molecule has 0 aromatic rings. The van der Waals surface area contributed by atoms with Gasteiger partial charge in [0, 0.05) is 7.26 Å². The maximum absolute atomic E-state index is 5.48. The average molecular weight is 259 g/mol. The van der Waals surface area contributed by atoms with E-state index in [-0.39, 0.29) is 0 Å². The van der Waals surface area contributed by atoms with E-state index in [9.17, 15) is 0 Å². The van der Waals surface area contributed by atoms with E-state index in [1.807, 2.05) is 0 Å². The molecule has 0 radical (unpaired) electrons. The Morgan fingerprint density at radius 3 is 1.00 bits per heavy atom. The SMILES string of the molecule is C1OC1C[P+](CC1CO1)(CC1CO1)CC1CO1. The minimum atomic E-state index is -0.971. The normalized spacial score (nSPS) is 45.2. The monoisotopic (exact) mass is 259 g/mol. The lowest BCUT2D eigenvalue weighted by atomic mass is 10.5. The van der Waals surface area contributed by atoms with Gasteiger partial charge in [-0.25, -0.2) is 0 Å². The van der Waals surface area contributed by atoms with Crippen molar-refractivity contribution < 1.29 is 18.9 Å². The van der Waals surface area contributed by atoms with Gasteiger partial charge in [-0.05, 0) is 0 Å². The third-order valence-corrected chi connectivity index (χ3v) is 8.70. The fraction of sp³-hybridized carbons (Fsp3) is 1.00. The van der Waals surface area contributed by atoms with Gasteiger partial charge in [0.05, 0.1) is 51.1 Å². The van der Waals surface area contributed by atoms with Crippen LogP contribution in [0.25, 0.3) is 0 Å². The molecule has 4 heterocycles. The van der Waals surface area contributed by atoms with Crippen LogP contribution in [0.4, 0.5) is 0 Å². The fourth-order valence-corrected chi connectivity index (χ4v) is 8.06. The van der Waals surface area contributed by atoms with E-state index in [4.69, 9.17) is 18.9 Å². The highest BCUT2D eigenvalue weighted by Crippen LogP contribution is 2.64. The molecule has 0 saturated carbocycles. The summed E-state index contributed by atoms with van der Waals surface area (Å²) < 4.78 is 21.9. The summed E-state index contributed by atoms with van der Waals surface area (Å²) in [6, 6.07) is 0. The van der Waals surface area contributed by atoms with Gasteiger partial charge < -0.3 is 18.9 Å². The summed E-state index contributed by atoms with van der Waals surface area (Å²) in [6.07, 6.45) is 7.30. The lowest BCUT2D eigenvalue weighted by Gasteiger charge is -2.25. The van der Waals surface area contributed by atoms with Gasteiger partial charge in [0.1, 0.15) is 24.4 Å². The Hall–Kier alpha value is 0.270. The van der Waals surface area contributed by atoms with Crippen molar-refractivity contribution in [3.8, 4) is 0 Å². The molecule has 4 atom stereocenters. The van der Waals surface area contributed by atoms with Crippen LogP contribution in [0.1, 0.15) is 0 Å². The van der Waals surface area contributed by atoms with Crippen molar-refractivity contribution in [2.24, 2.45) is 0 Å². The summed E-state index contributed by atoms with van der Waals surface area (Å²) >= 11 is 0. The molecular weight excluding hydrogens is 239 g/mol. The van der Waals surface area contributed by atoms with Gasteiger partial charge in [-0.3, -0.25) is 0 Å². The number of epoxide rings is 4. The van der Waals surface area contributed by atoms with E-state index in [1.165, 1.54) is 24.6 Å². The van der Waals surface area contributed by atoms with Gasteiger partial charge in [0.15, 0.2) is 0 Å². The van der Waals surface area contributed by atoms with Gasteiger partial charge >= 0.3 is 0 Å². The molecule has 4 nitrogen and oxygen atoms in total. The summed E-state index contributed by atoms with van der Waals surface area (Å²) in [5.74, 6) is 0. The van der Waals surface area contributed by atoms with Crippen molar-refractivity contribution in [2.45, 2.75) is 24.4 Å². The van der Waals surface area contributed by atoms with Gasteiger partial charge in [-0.15, -0.1) is 0 Å². The van der Waals surface area contributed by atoms with Crippen LogP contribution in [-0.4, -0.2) is 75.5 Å². The minimum Gasteiger partial charge on any atom is -0.369 e. The van der Waals surface area contributed by atoms with Crippen LogP contribution in [0.15, 0.2) is 0 Å². The second-order valence-corrected chi connectivity index (χ2v) is 10.0. The third-order valence-electron chi connectivity index (χ3n) is 3.97. The lowest BCUT2D eigenvalue weighted by molar-refractivity contribution is 0.410. The molecule has 0 bridgehead atoms. The van der Waals surface area contributed by atoms with Crippen LogP contribution in [0.5, 0.6) is 0 Å². The van der Waals surface area contributed by atoms with Gasteiger partial charge in [-0.2, -0.15) is 0 Å². The third kappa shape index (κ3) is 3.18. The summed E-state index contributed by atoms with van der Waals surface area (Å²) in [5, 5.41) is 0.